The molecule has 2 aromatic rings. The first-order valence-corrected chi connectivity index (χ1v) is 9.21. The van der Waals surface area contributed by atoms with Gasteiger partial charge in [-0.05, 0) is 58.9 Å². The van der Waals surface area contributed by atoms with Crippen LogP contribution in [0.4, 0.5) is 5.69 Å². The molecule has 0 amide bonds. The van der Waals surface area contributed by atoms with Gasteiger partial charge >= 0.3 is 0 Å². The third-order valence-electron chi connectivity index (χ3n) is 2.79. The Hall–Kier alpha value is -0.890. The van der Waals surface area contributed by atoms with Crippen molar-refractivity contribution in [1.29, 1.82) is 0 Å². The SMILES string of the molecule is CNCc1ccc(S(=O)(=O)Nc2cc(Br)ccc2Br)cc1. The zero-order valence-corrected chi connectivity index (χ0v) is 15.2. The predicted molar refractivity (Wildman–Crippen MR) is 91.9 cm³/mol. The number of rotatable bonds is 5. The van der Waals surface area contributed by atoms with Crippen molar-refractivity contribution in [2.75, 3.05) is 11.8 Å². The highest BCUT2D eigenvalue weighted by atomic mass is 79.9. The van der Waals surface area contributed by atoms with Gasteiger partial charge in [0.2, 0.25) is 0 Å². The van der Waals surface area contributed by atoms with E-state index in [9.17, 15) is 8.42 Å². The van der Waals surface area contributed by atoms with E-state index >= 15 is 0 Å². The molecule has 0 bridgehead atoms. The first-order valence-electron chi connectivity index (χ1n) is 6.14. The van der Waals surface area contributed by atoms with E-state index in [1.54, 1.807) is 36.4 Å². The summed E-state index contributed by atoms with van der Waals surface area (Å²) in [5.74, 6) is 0. The van der Waals surface area contributed by atoms with Crippen LogP contribution in [0.15, 0.2) is 56.3 Å². The van der Waals surface area contributed by atoms with E-state index in [1.165, 1.54) is 0 Å². The summed E-state index contributed by atoms with van der Waals surface area (Å²) in [4.78, 5) is 0.231. The van der Waals surface area contributed by atoms with E-state index in [4.69, 9.17) is 0 Å². The summed E-state index contributed by atoms with van der Waals surface area (Å²) >= 11 is 6.66. The summed E-state index contributed by atoms with van der Waals surface area (Å²) in [6.07, 6.45) is 0. The smallest absolute Gasteiger partial charge is 0.261 e. The van der Waals surface area contributed by atoms with Gasteiger partial charge in [0, 0.05) is 15.5 Å². The molecule has 0 aliphatic heterocycles. The number of sulfonamides is 1. The molecule has 0 fully saturated rings. The number of benzene rings is 2. The second kappa shape index (κ2) is 6.91. The summed E-state index contributed by atoms with van der Waals surface area (Å²) in [6.45, 7) is 0.699. The largest absolute Gasteiger partial charge is 0.316 e. The van der Waals surface area contributed by atoms with Gasteiger partial charge < -0.3 is 5.32 Å². The molecule has 0 heterocycles. The van der Waals surface area contributed by atoms with Crippen molar-refractivity contribution in [3.63, 3.8) is 0 Å². The third kappa shape index (κ3) is 4.29. The van der Waals surface area contributed by atoms with Gasteiger partial charge in [0.15, 0.2) is 0 Å². The van der Waals surface area contributed by atoms with Crippen LogP contribution in [0.5, 0.6) is 0 Å². The van der Waals surface area contributed by atoms with Gasteiger partial charge in [0.1, 0.15) is 0 Å². The fourth-order valence-electron chi connectivity index (χ4n) is 1.77. The summed E-state index contributed by atoms with van der Waals surface area (Å²) in [7, 11) is -1.76. The van der Waals surface area contributed by atoms with Gasteiger partial charge in [-0.15, -0.1) is 0 Å². The van der Waals surface area contributed by atoms with Crippen molar-refractivity contribution in [1.82, 2.24) is 5.32 Å². The van der Waals surface area contributed by atoms with Crippen molar-refractivity contribution < 1.29 is 8.42 Å². The number of hydrogen-bond donors (Lipinski definition) is 2. The highest BCUT2D eigenvalue weighted by molar-refractivity contribution is 9.11. The molecule has 0 unspecified atom stereocenters. The number of halogens is 2. The lowest BCUT2D eigenvalue weighted by Gasteiger charge is -2.11. The topological polar surface area (TPSA) is 58.2 Å². The van der Waals surface area contributed by atoms with Crippen LogP contribution in [0.1, 0.15) is 5.56 Å². The summed E-state index contributed by atoms with van der Waals surface area (Å²) in [5.41, 5.74) is 1.52. The Labute approximate surface area is 141 Å². The first kappa shape index (κ1) is 16.5. The molecule has 0 saturated carbocycles. The van der Waals surface area contributed by atoms with E-state index in [0.29, 0.717) is 16.7 Å². The molecule has 21 heavy (non-hydrogen) atoms. The van der Waals surface area contributed by atoms with Crippen LogP contribution in [-0.4, -0.2) is 15.5 Å². The standard InChI is InChI=1S/C14H14Br2N2O2S/c1-17-9-10-2-5-12(6-3-10)21(19,20)18-14-8-11(15)4-7-13(14)16/h2-8,17-18H,9H2,1H3. The van der Waals surface area contributed by atoms with Crippen LogP contribution in [0, 0.1) is 0 Å². The van der Waals surface area contributed by atoms with E-state index in [-0.39, 0.29) is 4.90 Å². The zero-order chi connectivity index (χ0) is 15.5. The average molecular weight is 434 g/mol. The maximum atomic E-state index is 12.4. The molecular formula is C14H14Br2N2O2S. The van der Waals surface area contributed by atoms with Gasteiger partial charge in [0.25, 0.3) is 10.0 Å². The molecule has 0 atom stereocenters. The molecule has 112 valence electrons. The van der Waals surface area contributed by atoms with Gasteiger partial charge in [-0.1, -0.05) is 28.1 Å². The molecule has 4 nitrogen and oxygen atoms in total. The van der Waals surface area contributed by atoms with Crippen molar-refractivity contribution in [3.05, 3.63) is 57.0 Å². The second-order valence-electron chi connectivity index (χ2n) is 4.40. The van der Waals surface area contributed by atoms with E-state index < -0.39 is 10.0 Å². The van der Waals surface area contributed by atoms with Crippen LogP contribution in [0.2, 0.25) is 0 Å². The summed E-state index contributed by atoms with van der Waals surface area (Å²) in [5, 5.41) is 3.02. The minimum absolute atomic E-state index is 0.231. The Bertz CT molecular complexity index is 731. The molecule has 2 aromatic carbocycles. The summed E-state index contributed by atoms with van der Waals surface area (Å²) < 4.78 is 28.8. The van der Waals surface area contributed by atoms with Crippen LogP contribution in [-0.2, 0) is 16.6 Å². The maximum absolute atomic E-state index is 12.4. The van der Waals surface area contributed by atoms with Crippen molar-refractivity contribution in [2.45, 2.75) is 11.4 Å². The molecular weight excluding hydrogens is 420 g/mol. The first-order chi connectivity index (χ1) is 9.92. The Kier molecular flexibility index (Phi) is 5.43. The van der Waals surface area contributed by atoms with Crippen LogP contribution < -0.4 is 10.0 Å². The Morgan fingerprint density at radius 2 is 1.71 bits per heavy atom. The Morgan fingerprint density at radius 1 is 1.05 bits per heavy atom. The lowest BCUT2D eigenvalue weighted by molar-refractivity contribution is 0.601. The molecule has 7 heteroatoms. The molecule has 0 aliphatic rings. The number of hydrogen-bond acceptors (Lipinski definition) is 3. The second-order valence-corrected chi connectivity index (χ2v) is 7.86. The minimum atomic E-state index is -3.61. The summed E-state index contributed by atoms with van der Waals surface area (Å²) in [6, 6.07) is 12.1. The van der Waals surface area contributed by atoms with Crippen molar-refractivity contribution in [2.24, 2.45) is 0 Å². The molecule has 0 saturated heterocycles. The highest BCUT2D eigenvalue weighted by Crippen LogP contribution is 2.28. The van der Waals surface area contributed by atoms with Gasteiger partial charge in [-0.25, -0.2) is 8.42 Å². The monoisotopic (exact) mass is 432 g/mol. The maximum Gasteiger partial charge on any atom is 0.261 e. The molecule has 0 radical (unpaired) electrons. The van der Waals surface area contributed by atoms with Crippen LogP contribution in [0.3, 0.4) is 0 Å². The van der Waals surface area contributed by atoms with Crippen molar-refractivity contribution >= 4 is 47.6 Å². The van der Waals surface area contributed by atoms with E-state index in [0.717, 1.165) is 10.0 Å². The Morgan fingerprint density at radius 3 is 2.33 bits per heavy atom. The van der Waals surface area contributed by atoms with Crippen LogP contribution in [0.25, 0.3) is 0 Å². The fraction of sp³-hybridized carbons (Fsp3) is 0.143. The molecule has 2 rings (SSSR count). The number of anilines is 1. The normalized spacial score (nSPS) is 11.4. The van der Waals surface area contributed by atoms with E-state index in [1.807, 2.05) is 13.1 Å². The van der Waals surface area contributed by atoms with Gasteiger partial charge in [-0.3, -0.25) is 4.72 Å². The quantitative estimate of drug-likeness (QED) is 0.755. The molecule has 0 spiro atoms. The van der Waals surface area contributed by atoms with Crippen molar-refractivity contribution in [3.8, 4) is 0 Å². The average Bonchev–Trinajstić information content (AvgIpc) is 2.44. The number of nitrogens with one attached hydrogen (secondary N) is 2. The molecule has 2 N–H and O–H groups in total. The Balaban J connectivity index is 2.27. The zero-order valence-electron chi connectivity index (χ0n) is 11.2. The van der Waals surface area contributed by atoms with Gasteiger partial charge in [-0.2, -0.15) is 0 Å². The highest BCUT2D eigenvalue weighted by Gasteiger charge is 2.15. The molecule has 0 aromatic heterocycles. The predicted octanol–water partition coefficient (Wildman–Crippen LogP) is 3.73. The molecule has 0 aliphatic carbocycles. The van der Waals surface area contributed by atoms with Crippen LogP contribution >= 0.6 is 31.9 Å². The third-order valence-corrected chi connectivity index (χ3v) is 5.35. The van der Waals surface area contributed by atoms with Gasteiger partial charge in [0.05, 0.1) is 10.6 Å². The lowest BCUT2D eigenvalue weighted by Crippen LogP contribution is -2.13. The fourth-order valence-corrected chi connectivity index (χ4v) is 3.68. The minimum Gasteiger partial charge on any atom is -0.316 e. The van der Waals surface area contributed by atoms with E-state index in [2.05, 4.69) is 41.9 Å². The lowest BCUT2D eigenvalue weighted by atomic mass is 10.2.